The lowest BCUT2D eigenvalue weighted by atomic mass is 10.1. The van der Waals surface area contributed by atoms with Crippen molar-refractivity contribution in [1.29, 1.82) is 0 Å². The normalized spacial score (nSPS) is 11.9. The standard InChI is InChI=1S/C18H17N3O4/c1-25-18(24)15(10-22)20-17(23)12-6-8-13(9-7-12)21-11-19-14-4-2-3-5-16(14)21/h2-9,11,15,22H,10H2,1H3,(H,20,23)/t15-/m0/s1. The van der Waals surface area contributed by atoms with Gasteiger partial charge in [-0.1, -0.05) is 12.1 Å². The lowest BCUT2D eigenvalue weighted by Crippen LogP contribution is -2.44. The number of rotatable bonds is 5. The van der Waals surface area contributed by atoms with E-state index in [-0.39, 0.29) is 0 Å². The number of nitrogens with zero attached hydrogens (tertiary/aromatic N) is 2. The van der Waals surface area contributed by atoms with Crippen LogP contribution in [0.5, 0.6) is 0 Å². The number of hydrogen-bond acceptors (Lipinski definition) is 5. The van der Waals surface area contributed by atoms with Gasteiger partial charge in [0.15, 0.2) is 6.04 Å². The second-order valence-electron chi connectivity index (χ2n) is 5.38. The fourth-order valence-corrected chi connectivity index (χ4v) is 2.50. The third-order valence-corrected chi connectivity index (χ3v) is 3.83. The topological polar surface area (TPSA) is 93.5 Å². The fraction of sp³-hybridized carbons (Fsp3) is 0.167. The van der Waals surface area contributed by atoms with Crippen LogP contribution in [0.3, 0.4) is 0 Å². The zero-order chi connectivity index (χ0) is 17.8. The van der Waals surface area contributed by atoms with E-state index < -0.39 is 24.5 Å². The number of para-hydroxylation sites is 2. The van der Waals surface area contributed by atoms with Gasteiger partial charge in [0.05, 0.1) is 24.8 Å². The van der Waals surface area contributed by atoms with Crippen LogP contribution in [0, 0.1) is 0 Å². The molecule has 0 fully saturated rings. The number of aromatic nitrogens is 2. The summed E-state index contributed by atoms with van der Waals surface area (Å²) in [5.74, 6) is -1.16. The smallest absolute Gasteiger partial charge is 0.330 e. The minimum Gasteiger partial charge on any atom is -0.467 e. The van der Waals surface area contributed by atoms with Gasteiger partial charge in [-0.15, -0.1) is 0 Å². The molecule has 0 aliphatic rings. The predicted octanol–water partition coefficient (Wildman–Crippen LogP) is 1.29. The van der Waals surface area contributed by atoms with Crippen molar-refractivity contribution in [2.75, 3.05) is 13.7 Å². The van der Waals surface area contributed by atoms with Crippen LogP contribution in [-0.2, 0) is 9.53 Å². The molecule has 2 aromatic carbocycles. The highest BCUT2D eigenvalue weighted by Crippen LogP contribution is 2.18. The highest BCUT2D eigenvalue weighted by molar-refractivity contribution is 5.97. The van der Waals surface area contributed by atoms with E-state index in [1.165, 1.54) is 7.11 Å². The molecule has 2 N–H and O–H groups in total. The van der Waals surface area contributed by atoms with Gasteiger partial charge < -0.3 is 15.2 Å². The summed E-state index contributed by atoms with van der Waals surface area (Å²) >= 11 is 0. The van der Waals surface area contributed by atoms with Crippen LogP contribution in [0.2, 0.25) is 0 Å². The van der Waals surface area contributed by atoms with E-state index in [1.807, 2.05) is 28.8 Å². The number of methoxy groups -OCH3 is 1. The molecule has 0 unspecified atom stereocenters. The number of aliphatic hydroxyl groups excluding tert-OH is 1. The zero-order valence-corrected chi connectivity index (χ0v) is 13.5. The van der Waals surface area contributed by atoms with Crippen molar-refractivity contribution < 1.29 is 19.4 Å². The molecule has 0 bridgehead atoms. The second-order valence-corrected chi connectivity index (χ2v) is 5.38. The van der Waals surface area contributed by atoms with Gasteiger partial charge in [-0.25, -0.2) is 9.78 Å². The molecule has 0 spiro atoms. The summed E-state index contributed by atoms with van der Waals surface area (Å²) in [6, 6.07) is 13.5. The summed E-state index contributed by atoms with van der Waals surface area (Å²) in [4.78, 5) is 28.0. The fourth-order valence-electron chi connectivity index (χ4n) is 2.50. The van der Waals surface area contributed by atoms with E-state index in [2.05, 4.69) is 15.0 Å². The monoisotopic (exact) mass is 339 g/mol. The van der Waals surface area contributed by atoms with Gasteiger partial charge in [-0.2, -0.15) is 0 Å². The number of esters is 1. The van der Waals surface area contributed by atoms with Gasteiger partial charge in [0.25, 0.3) is 5.91 Å². The van der Waals surface area contributed by atoms with Crippen molar-refractivity contribution in [3.8, 4) is 5.69 Å². The van der Waals surface area contributed by atoms with Gasteiger partial charge in [-0.05, 0) is 36.4 Å². The maximum atomic E-state index is 12.2. The van der Waals surface area contributed by atoms with E-state index in [0.717, 1.165) is 16.7 Å². The van der Waals surface area contributed by atoms with Gasteiger partial charge in [0.1, 0.15) is 6.33 Å². The molecule has 7 nitrogen and oxygen atoms in total. The second kappa shape index (κ2) is 7.14. The molecule has 0 aliphatic carbocycles. The summed E-state index contributed by atoms with van der Waals surface area (Å²) in [6.07, 6.45) is 1.72. The number of ether oxygens (including phenoxy) is 1. The predicted molar refractivity (Wildman–Crippen MR) is 91.4 cm³/mol. The first kappa shape index (κ1) is 16.7. The van der Waals surface area contributed by atoms with Crippen molar-refractivity contribution in [3.63, 3.8) is 0 Å². The SMILES string of the molecule is COC(=O)[C@H](CO)NC(=O)c1ccc(-n2cnc3ccccc32)cc1. The lowest BCUT2D eigenvalue weighted by Gasteiger charge is -2.14. The number of nitrogens with one attached hydrogen (secondary N) is 1. The third kappa shape index (κ3) is 3.36. The molecule has 0 saturated carbocycles. The molecule has 1 amide bonds. The number of hydrogen-bond donors (Lipinski definition) is 2. The average Bonchev–Trinajstić information content (AvgIpc) is 3.09. The Morgan fingerprint density at radius 3 is 2.60 bits per heavy atom. The van der Waals surface area contributed by atoms with Crippen LogP contribution < -0.4 is 5.32 Å². The maximum absolute atomic E-state index is 12.2. The Kier molecular flexibility index (Phi) is 4.76. The van der Waals surface area contributed by atoms with E-state index in [0.29, 0.717) is 5.56 Å². The first-order valence-electron chi connectivity index (χ1n) is 7.66. The molecule has 7 heteroatoms. The Labute approximate surface area is 143 Å². The Balaban J connectivity index is 1.80. The van der Waals surface area contributed by atoms with Gasteiger partial charge >= 0.3 is 5.97 Å². The Hall–Kier alpha value is -3.19. The Bertz CT molecular complexity index is 902. The van der Waals surface area contributed by atoms with Crippen molar-refractivity contribution in [2.24, 2.45) is 0 Å². The number of carbonyl (C=O) groups excluding carboxylic acids is 2. The number of imidazole rings is 1. The molecule has 128 valence electrons. The molecule has 0 aliphatic heterocycles. The lowest BCUT2D eigenvalue weighted by molar-refractivity contribution is -0.143. The molecule has 0 saturated heterocycles. The van der Waals surface area contributed by atoms with Crippen LogP contribution in [0.4, 0.5) is 0 Å². The maximum Gasteiger partial charge on any atom is 0.330 e. The minimum absolute atomic E-state index is 0.371. The van der Waals surface area contributed by atoms with Gasteiger partial charge in [0, 0.05) is 11.3 Å². The van der Waals surface area contributed by atoms with E-state index in [9.17, 15) is 9.59 Å². The first-order valence-corrected chi connectivity index (χ1v) is 7.66. The number of fused-ring (bicyclic) bond motifs is 1. The summed E-state index contributed by atoms with van der Waals surface area (Å²) < 4.78 is 6.44. The van der Waals surface area contributed by atoms with Crippen LogP contribution in [0.25, 0.3) is 16.7 Å². The largest absolute Gasteiger partial charge is 0.467 e. The van der Waals surface area contributed by atoms with Crippen molar-refractivity contribution in [1.82, 2.24) is 14.9 Å². The highest BCUT2D eigenvalue weighted by Gasteiger charge is 2.21. The van der Waals surface area contributed by atoms with Crippen LogP contribution >= 0.6 is 0 Å². The van der Waals surface area contributed by atoms with Crippen LogP contribution in [0.15, 0.2) is 54.9 Å². The number of amides is 1. The molecular formula is C18H17N3O4. The van der Waals surface area contributed by atoms with E-state index in [4.69, 9.17) is 5.11 Å². The average molecular weight is 339 g/mol. The molecule has 3 rings (SSSR count). The summed E-state index contributed by atoms with van der Waals surface area (Å²) in [6.45, 7) is -0.530. The molecule has 0 radical (unpaired) electrons. The number of aliphatic hydroxyl groups is 1. The molecule has 3 aromatic rings. The molecule has 1 atom stereocenters. The summed E-state index contributed by atoms with van der Waals surface area (Å²) in [7, 11) is 1.20. The molecular weight excluding hydrogens is 322 g/mol. The summed E-state index contributed by atoms with van der Waals surface area (Å²) in [5, 5.41) is 11.6. The van der Waals surface area contributed by atoms with Crippen molar-refractivity contribution in [2.45, 2.75) is 6.04 Å². The van der Waals surface area contributed by atoms with Gasteiger partial charge in [0.2, 0.25) is 0 Å². The molecule has 1 heterocycles. The Morgan fingerprint density at radius 1 is 1.20 bits per heavy atom. The quantitative estimate of drug-likeness (QED) is 0.683. The van der Waals surface area contributed by atoms with Crippen molar-refractivity contribution in [3.05, 3.63) is 60.4 Å². The zero-order valence-electron chi connectivity index (χ0n) is 13.5. The van der Waals surface area contributed by atoms with Gasteiger partial charge in [-0.3, -0.25) is 9.36 Å². The molecule has 1 aromatic heterocycles. The molecule has 25 heavy (non-hydrogen) atoms. The third-order valence-electron chi connectivity index (χ3n) is 3.83. The van der Waals surface area contributed by atoms with E-state index >= 15 is 0 Å². The van der Waals surface area contributed by atoms with Crippen LogP contribution in [-0.4, -0.2) is 46.3 Å². The highest BCUT2D eigenvalue weighted by atomic mass is 16.5. The minimum atomic E-state index is -1.09. The van der Waals surface area contributed by atoms with Crippen molar-refractivity contribution >= 4 is 22.9 Å². The van der Waals surface area contributed by atoms with E-state index in [1.54, 1.807) is 30.6 Å². The summed E-state index contributed by atoms with van der Waals surface area (Å²) in [5.41, 5.74) is 3.08. The van der Waals surface area contributed by atoms with Crippen LogP contribution in [0.1, 0.15) is 10.4 Å². The number of benzene rings is 2. The first-order chi connectivity index (χ1) is 12.1. The Morgan fingerprint density at radius 2 is 1.92 bits per heavy atom. The number of carbonyl (C=O) groups is 2.